The molecule has 22 heavy (non-hydrogen) atoms. The molecule has 1 amide bonds. The van der Waals surface area contributed by atoms with Crippen LogP contribution in [0.25, 0.3) is 10.9 Å². The molecule has 1 aromatic heterocycles. The lowest BCUT2D eigenvalue weighted by atomic mass is 10.0. The summed E-state index contributed by atoms with van der Waals surface area (Å²) in [5.41, 5.74) is 1.64. The maximum Gasteiger partial charge on any atom is 0.222 e. The first kappa shape index (κ1) is 15.1. The number of amides is 1. The largest absolute Gasteiger partial charge is 0.388 e. The number of rotatable bonds is 5. The Balaban J connectivity index is 1.54. The minimum absolute atomic E-state index is 0.106. The van der Waals surface area contributed by atoms with E-state index in [4.69, 9.17) is 0 Å². The third-order valence-corrected chi connectivity index (χ3v) is 4.74. The number of hydrogen-bond donors (Lipinski definition) is 2. The molecule has 4 heteroatoms. The number of benzene rings is 1. The second kappa shape index (κ2) is 6.13. The minimum atomic E-state index is -0.658. The summed E-state index contributed by atoms with van der Waals surface area (Å²) in [6.45, 7) is 0.461. The zero-order valence-corrected chi connectivity index (χ0v) is 13.1. The summed E-state index contributed by atoms with van der Waals surface area (Å²) in [7, 11) is 1.80. The second-order valence-corrected chi connectivity index (χ2v) is 6.58. The average Bonchev–Trinajstić information content (AvgIpc) is 3.12. The van der Waals surface area contributed by atoms with Crippen LogP contribution in [-0.4, -0.2) is 40.1 Å². The van der Waals surface area contributed by atoms with E-state index in [0.717, 1.165) is 37.6 Å². The van der Waals surface area contributed by atoms with Crippen LogP contribution in [0.3, 0.4) is 0 Å². The van der Waals surface area contributed by atoms with Gasteiger partial charge in [-0.25, -0.2) is 0 Å². The molecule has 0 saturated heterocycles. The molecule has 0 radical (unpaired) electrons. The second-order valence-electron chi connectivity index (χ2n) is 6.58. The molecule has 2 N–H and O–H groups in total. The number of hydrogen-bond acceptors (Lipinski definition) is 2. The molecule has 3 rings (SSSR count). The molecule has 1 aliphatic rings. The van der Waals surface area contributed by atoms with E-state index in [1.165, 1.54) is 10.9 Å². The Kier molecular flexibility index (Phi) is 4.21. The van der Waals surface area contributed by atoms with Crippen LogP contribution in [0.4, 0.5) is 0 Å². The normalized spacial score (nSPS) is 17.0. The van der Waals surface area contributed by atoms with Crippen molar-refractivity contribution in [2.75, 3.05) is 13.6 Å². The number of aromatic nitrogens is 1. The topological polar surface area (TPSA) is 56.3 Å². The summed E-state index contributed by atoms with van der Waals surface area (Å²) in [6, 6.07) is 8.29. The van der Waals surface area contributed by atoms with Gasteiger partial charge in [-0.2, -0.15) is 0 Å². The quantitative estimate of drug-likeness (QED) is 0.892. The van der Waals surface area contributed by atoms with E-state index in [-0.39, 0.29) is 5.91 Å². The summed E-state index contributed by atoms with van der Waals surface area (Å²) < 4.78 is 0. The summed E-state index contributed by atoms with van der Waals surface area (Å²) in [5, 5.41) is 11.6. The van der Waals surface area contributed by atoms with E-state index in [1.54, 1.807) is 11.9 Å². The standard InChI is InChI=1S/C18H24N2O2/c1-20(13-18(22)9-2-3-10-18)17(21)7-5-14-4-6-16-15(12-14)8-11-19-16/h4,6,8,11-12,19,22H,2-3,5,7,9-10,13H2,1H3. The number of aryl methyl sites for hydroxylation is 1. The summed E-state index contributed by atoms with van der Waals surface area (Å²) in [6.07, 6.45) is 6.91. The number of carbonyl (C=O) groups excluding carboxylic acids is 1. The molecule has 118 valence electrons. The molecule has 1 fully saturated rings. The molecular weight excluding hydrogens is 276 g/mol. The van der Waals surface area contributed by atoms with E-state index >= 15 is 0 Å². The monoisotopic (exact) mass is 300 g/mol. The van der Waals surface area contributed by atoms with Gasteiger partial charge in [-0.3, -0.25) is 4.79 Å². The van der Waals surface area contributed by atoms with Gasteiger partial charge in [0.1, 0.15) is 0 Å². The maximum absolute atomic E-state index is 12.3. The maximum atomic E-state index is 12.3. The molecule has 0 bridgehead atoms. The van der Waals surface area contributed by atoms with Crippen LogP contribution in [0.5, 0.6) is 0 Å². The van der Waals surface area contributed by atoms with Crippen molar-refractivity contribution >= 4 is 16.8 Å². The van der Waals surface area contributed by atoms with Gasteiger partial charge in [-0.05, 0) is 48.4 Å². The van der Waals surface area contributed by atoms with Gasteiger partial charge in [0.2, 0.25) is 5.91 Å². The predicted octanol–water partition coefficient (Wildman–Crippen LogP) is 2.86. The summed E-state index contributed by atoms with van der Waals surface area (Å²) >= 11 is 0. The lowest BCUT2D eigenvalue weighted by molar-refractivity contribution is -0.133. The van der Waals surface area contributed by atoms with Gasteiger partial charge in [0.15, 0.2) is 0 Å². The van der Waals surface area contributed by atoms with E-state index in [0.29, 0.717) is 13.0 Å². The van der Waals surface area contributed by atoms with E-state index in [9.17, 15) is 9.90 Å². The average molecular weight is 300 g/mol. The highest BCUT2D eigenvalue weighted by Crippen LogP contribution is 2.30. The van der Waals surface area contributed by atoms with Gasteiger partial charge in [-0.1, -0.05) is 18.9 Å². The molecule has 0 aliphatic heterocycles. The van der Waals surface area contributed by atoms with Crippen molar-refractivity contribution < 1.29 is 9.90 Å². The minimum Gasteiger partial charge on any atom is -0.388 e. The Bertz CT molecular complexity index is 656. The van der Waals surface area contributed by atoms with Gasteiger partial charge < -0.3 is 15.0 Å². The Labute approximate surface area is 131 Å². The van der Waals surface area contributed by atoms with Crippen molar-refractivity contribution in [1.82, 2.24) is 9.88 Å². The number of likely N-dealkylation sites (N-methyl/N-ethyl adjacent to an activating group) is 1. The lowest BCUT2D eigenvalue weighted by Crippen LogP contribution is -2.42. The highest BCUT2D eigenvalue weighted by molar-refractivity contribution is 5.80. The van der Waals surface area contributed by atoms with Crippen LogP contribution < -0.4 is 0 Å². The molecule has 0 atom stereocenters. The zero-order valence-electron chi connectivity index (χ0n) is 13.1. The molecule has 2 aromatic rings. The van der Waals surface area contributed by atoms with Crippen molar-refractivity contribution in [3.8, 4) is 0 Å². The van der Waals surface area contributed by atoms with Gasteiger partial charge in [0.05, 0.1) is 5.60 Å². The first-order valence-electron chi connectivity index (χ1n) is 8.08. The van der Waals surface area contributed by atoms with Crippen LogP contribution in [0.1, 0.15) is 37.7 Å². The van der Waals surface area contributed by atoms with Crippen molar-refractivity contribution in [3.05, 3.63) is 36.0 Å². The van der Waals surface area contributed by atoms with Crippen LogP contribution in [-0.2, 0) is 11.2 Å². The Morgan fingerprint density at radius 1 is 1.32 bits per heavy atom. The van der Waals surface area contributed by atoms with Gasteiger partial charge in [-0.15, -0.1) is 0 Å². The fraction of sp³-hybridized carbons (Fsp3) is 0.500. The highest BCUT2D eigenvalue weighted by Gasteiger charge is 2.33. The van der Waals surface area contributed by atoms with Crippen molar-refractivity contribution in [2.45, 2.75) is 44.1 Å². The predicted molar refractivity (Wildman–Crippen MR) is 87.7 cm³/mol. The number of nitrogens with zero attached hydrogens (tertiary/aromatic N) is 1. The zero-order chi connectivity index (χ0) is 15.6. The lowest BCUT2D eigenvalue weighted by Gasteiger charge is -2.28. The fourth-order valence-electron chi connectivity index (χ4n) is 3.42. The Hall–Kier alpha value is -1.81. The van der Waals surface area contributed by atoms with Crippen molar-refractivity contribution in [1.29, 1.82) is 0 Å². The number of H-pyrrole nitrogens is 1. The number of aliphatic hydroxyl groups is 1. The third-order valence-electron chi connectivity index (χ3n) is 4.74. The van der Waals surface area contributed by atoms with Crippen LogP contribution in [0.15, 0.2) is 30.5 Å². The molecule has 0 unspecified atom stereocenters. The van der Waals surface area contributed by atoms with Gasteiger partial charge in [0, 0.05) is 31.7 Å². The van der Waals surface area contributed by atoms with Crippen LogP contribution in [0, 0.1) is 0 Å². The van der Waals surface area contributed by atoms with Crippen LogP contribution in [0.2, 0.25) is 0 Å². The fourth-order valence-corrected chi connectivity index (χ4v) is 3.42. The number of fused-ring (bicyclic) bond motifs is 1. The van der Waals surface area contributed by atoms with Crippen molar-refractivity contribution in [2.24, 2.45) is 0 Å². The first-order chi connectivity index (χ1) is 10.6. The Morgan fingerprint density at radius 2 is 2.09 bits per heavy atom. The summed E-state index contributed by atoms with van der Waals surface area (Å²) in [4.78, 5) is 17.1. The first-order valence-corrected chi connectivity index (χ1v) is 8.08. The smallest absolute Gasteiger partial charge is 0.222 e. The van der Waals surface area contributed by atoms with Crippen molar-refractivity contribution in [3.63, 3.8) is 0 Å². The van der Waals surface area contributed by atoms with E-state index in [2.05, 4.69) is 23.2 Å². The molecule has 1 saturated carbocycles. The molecule has 1 aromatic carbocycles. The molecule has 1 aliphatic carbocycles. The summed E-state index contributed by atoms with van der Waals surface area (Å²) in [5.74, 6) is 0.106. The van der Waals surface area contributed by atoms with E-state index < -0.39 is 5.60 Å². The number of aromatic amines is 1. The molecular formula is C18H24N2O2. The third kappa shape index (κ3) is 3.33. The SMILES string of the molecule is CN(CC1(O)CCCC1)C(=O)CCc1ccc2[nH]ccc2c1. The Morgan fingerprint density at radius 3 is 2.86 bits per heavy atom. The number of carbonyl (C=O) groups is 1. The van der Waals surface area contributed by atoms with Gasteiger partial charge >= 0.3 is 0 Å². The number of nitrogens with one attached hydrogen (secondary N) is 1. The molecule has 4 nitrogen and oxygen atoms in total. The molecule has 0 spiro atoms. The van der Waals surface area contributed by atoms with E-state index in [1.807, 2.05) is 12.3 Å². The highest BCUT2D eigenvalue weighted by atomic mass is 16.3. The van der Waals surface area contributed by atoms with Gasteiger partial charge in [0.25, 0.3) is 0 Å². The van der Waals surface area contributed by atoms with Crippen LogP contribution >= 0.6 is 0 Å². The molecule has 1 heterocycles.